The van der Waals surface area contributed by atoms with Crippen LogP contribution in [-0.4, -0.2) is 35.8 Å². The summed E-state index contributed by atoms with van der Waals surface area (Å²) in [4.78, 5) is 12.0. The molecule has 0 unspecified atom stereocenters. The molecule has 1 heterocycles. The van der Waals surface area contributed by atoms with Crippen LogP contribution in [0.15, 0.2) is 64.9 Å². The molecule has 0 radical (unpaired) electrons. The van der Waals surface area contributed by atoms with Crippen LogP contribution in [-0.2, 0) is 26.5 Å². The first kappa shape index (κ1) is 20.1. The van der Waals surface area contributed by atoms with Crippen LogP contribution in [0.3, 0.4) is 0 Å². The number of sulfonamides is 2. The molecule has 0 spiro atoms. The van der Waals surface area contributed by atoms with Gasteiger partial charge in [0.2, 0.25) is 10.0 Å². The van der Waals surface area contributed by atoms with Gasteiger partial charge in [-0.25, -0.2) is 22.0 Å². The van der Waals surface area contributed by atoms with E-state index in [2.05, 4.69) is 11.9 Å². The number of fused-ring (bicyclic) bond motifs is 1. The van der Waals surface area contributed by atoms with E-state index in [0.29, 0.717) is 17.7 Å². The van der Waals surface area contributed by atoms with E-state index in [1.807, 2.05) is 0 Å². The normalized spacial score (nSPS) is 13.8. The smallest absolute Gasteiger partial charge is 0.264 e. The van der Waals surface area contributed by atoms with Crippen LogP contribution in [0.4, 0.5) is 5.69 Å². The number of rotatable bonds is 6. The van der Waals surface area contributed by atoms with Gasteiger partial charge < -0.3 is 5.32 Å². The van der Waals surface area contributed by atoms with Crippen LogP contribution in [0.25, 0.3) is 0 Å². The molecule has 0 aliphatic carbocycles. The topological polar surface area (TPSA) is 127 Å². The Morgan fingerprint density at radius 1 is 1.14 bits per heavy atom. The molecule has 0 saturated heterocycles. The Kier molecular flexibility index (Phi) is 5.28. The number of nitrogens with one attached hydrogen (secondary N) is 1. The molecule has 10 heteroatoms. The van der Waals surface area contributed by atoms with Crippen molar-refractivity contribution in [1.82, 2.24) is 5.32 Å². The van der Waals surface area contributed by atoms with Gasteiger partial charge in [-0.15, -0.1) is 6.58 Å². The Bertz CT molecular complexity index is 1160. The van der Waals surface area contributed by atoms with E-state index in [4.69, 9.17) is 5.14 Å². The molecule has 0 aromatic heterocycles. The van der Waals surface area contributed by atoms with Gasteiger partial charge in [0, 0.05) is 18.7 Å². The molecule has 2 aromatic rings. The summed E-state index contributed by atoms with van der Waals surface area (Å²) in [6.45, 7) is 3.95. The van der Waals surface area contributed by atoms with Crippen LogP contribution in [0.2, 0.25) is 0 Å². The van der Waals surface area contributed by atoms with Crippen LogP contribution in [0, 0.1) is 0 Å². The molecule has 0 atom stereocenters. The average molecular weight is 422 g/mol. The third kappa shape index (κ3) is 3.79. The van der Waals surface area contributed by atoms with Crippen molar-refractivity contribution in [3.05, 3.63) is 66.2 Å². The van der Waals surface area contributed by atoms with Crippen molar-refractivity contribution in [2.45, 2.75) is 16.2 Å². The zero-order valence-electron chi connectivity index (χ0n) is 14.8. The Balaban J connectivity index is 1.96. The second-order valence-electron chi connectivity index (χ2n) is 6.19. The SMILES string of the molecule is C=CCNC(=O)c1cccc(S(=O)(=O)N2CCc3cc(S(N)(=O)=O)ccc32)c1. The third-order valence-electron chi connectivity index (χ3n) is 4.32. The molecule has 0 saturated carbocycles. The van der Waals surface area contributed by atoms with E-state index in [0.717, 1.165) is 0 Å². The predicted octanol–water partition coefficient (Wildman–Crippen LogP) is 1.00. The molecule has 3 rings (SSSR count). The fourth-order valence-corrected chi connectivity index (χ4v) is 5.08. The highest BCUT2D eigenvalue weighted by atomic mass is 32.2. The minimum absolute atomic E-state index is 0.0258. The van der Waals surface area contributed by atoms with Gasteiger partial charge >= 0.3 is 0 Å². The lowest BCUT2D eigenvalue weighted by Gasteiger charge is -2.20. The number of benzene rings is 2. The summed E-state index contributed by atoms with van der Waals surface area (Å²) < 4.78 is 50.4. The summed E-state index contributed by atoms with van der Waals surface area (Å²) in [5.74, 6) is -0.406. The van der Waals surface area contributed by atoms with Crippen molar-refractivity contribution in [3.63, 3.8) is 0 Å². The Morgan fingerprint density at radius 2 is 1.89 bits per heavy atom. The van der Waals surface area contributed by atoms with Crippen molar-refractivity contribution in [2.24, 2.45) is 5.14 Å². The fourth-order valence-electron chi connectivity index (χ4n) is 2.97. The zero-order chi connectivity index (χ0) is 20.5. The maximum atomic E-state index is 13.1. The lowest BCUT2D eigenvalue weighted by Crippen LogP contribution is -2.29. The molecule has 0 bridgehead atoms. The van der Waals surface area contributed by atoms with Crippen molar-refractivity contribution in [3.8, 4) is 0 Å². The first-order valence-corrected chi connectivity index (χ1v) is 11.3. The van der Waals surface area contributed by atoms with E-state index < -0.39 is 26.0 Å². The number of carbonyl (C=O) groups is 1. The number of primary sulfonamides is 1. The largest absolute Gasteiger partial charge is 0.349 e. The lowest BCUT2D eigenvalue weighted by atomic mass is 10.2. The van der Waals surface area contributed by atoms with E-state index in [-0.39, 0.29) is 28.4 Å². The number of anilines is 1. The molecule has 8 nitrogen and oxygen atoms in total. The Hall–Kier alpha value is -2.69. The van der Waals surface area contributed by atoms with E-state index >= 15 is 0 Å². The van der Waals surface area contributed by atoms with Gasteiger partial charge in [-0.05, 0) is 48.4 Å². The lowest BCUT2D eigenvalue weighted by molar-refractivity contribution is 0.0958. The predicted molar refractivity (Wildman–Crippen MR) is 105 cm³/mol. The molecule has 0 fully saturated rings. The minimum Gasteiger partial charge on any atom is -0.349 e. The molecule has 28 heavy (non-hydrogen) atoms. The van der Waals surface area contributed by atoms with E-state index in [1.54, 1.807) is 0 Å². The summed E-state index contributed by atoms with van der Waals surface area (Å²) in [5.41, 5.74) is 1.19. The van der Waals surface area contributed by atoms with Crippen LogP contribution >= 0.6 is 0 Å². The number of nitrogens with zero attached hydrogens (tertiary/aromatic N) is 1. The van der Waals surface area contributed by atoms with Crippen LogP contribution in [0.1, 0.15) is 15.9 Å². The van der Waals surface area contributed by atoms with Crippen molar-refractivity contribution >= 4 is 31.6 Å². The second kappa shape index (κ2) is 7.38. The summed E-state index contributed by atoms with van der Waals surface area (Å²) in [7, 11) is -7.80. The zero-order valence-corrected chi connectivity index (χ0v) is 16.5. The van der Waals surface area contributed by atoms with Gasteiger partial charge in [0.1, 0.15) is 0 Å². The fraction of sp³-hybridized carbons (Fsp3) is 0.167. The maximum Gasteiger partial charge on any atom is 0.264 e. The number of hydrogen-bond donors (Lipinski definition) is 2. The first-order chi connectivity index (χ1) is 13.1. The van der Waals surface area contributed by atoms with Crippen LogP contribution in [0.5, 0.6) is 0 Å². The highest BCUT2D eigenvalue weighted by Crippen LogP contribution is 2.34. The summed E-state index contributed by atoms with van der Waals surface area (Å²) in [5, 5.41) is 7.74. The Labute approximate surface area is 163 Å². The quantitative estimate of drug-likeness (QED) is 0.673. The minimum atomic E-state index is -3.92. The number of carbonyl (C=O) groups excluding carboxylic acids is 1. The van der Waals surface area contributed by atoms with Crippen LogP contribution < -0.4 is 14.8 Å². The molecule has 3 N–H and O–H groups in total. The van der Waals surface area contributed by atoms with E-state index in [9.17, 15) is 21.6 Å². The van der Waals surface area contributed by atoms with Gasteiger partial charge in [-0.1, -0.05) is 12.1 Å². The molecule has 1 amide bonds. The monoisotopic (exact) mass is 421 g/mol. The standard InChI is InChI=1S/C18H19N3O5S2/c1-2-9-20-18(22)14-4-3-5-16(12-14)28(25,26)21-10-8-13-11-15(27(19,23)24)6-7-17(13)21/h2-7,11-12H,1,8-10H2,(H,20,22)(H2,19,23,24). The summed E-state index contributed by atoms with van der Waals surface area (Å²) in [6, 6.07) is 9.84. The molecule has 2 aromatic carbocycles. The summed E-state index contributed by atoms with van der Waals surface area (Å²) in [6.07, 6.45) is 1.88. The highest BCUT2D eigenvalue weighted by molar-refractivity contribution is 7.92. The number of hydrogen-bond acceptors (Lipinski definition) is 5. The van der Waals surface area contributed by atoms with Gasteiger partial charge in [0.15, 0.2) is 0 Å². The summed E-state index contributed by atoms with van der Waals surface area (Å²) >= 11 is 0. The van der Waals surface area contributed by atoms with E-state index in [1.165, 1.54) is 52.8 Å². The molecule has 1 aliphatic rings. The number of nitrogens with two attached hydrogens (primary N) is 1. The molecular formula is C18H19N3O5S2. The third-order valence-corrected chi connectivity index (χ3v) is 7.04. The molecular weight excluding hydrogens is 402 g/mol. The maximum absolute atomic E-state index is 13.1. The van der Waals surface area contributed by atoms with Gasteiger partial charge in [-0.3, -0.25) is 9.10 Å². The first-order valence-electron chi connectivity index (χ1n) is 8.32. The van der Waals surface area contributed by atoms with Crippen molar-refractivity contribution in [1.29, 1.82) is 0 Å². The van der Waals surface area contributed by atoms with Gasteiger partial charge in [-0.2, -0.15) is 0 Å². The number of amides is 1. The average Bonchev–Trinajstić information content (AvgIpc) is 3.09. The van der Waals surface area contributed by atoms with Crippen molar-refractivity contribution < 1.29 is 21.6 Å². The molecule has 1 aliphatic heterocycles. The highest BCUT2D eigenvalue weighted by Gasteiger charge is 2.32. The van der Waals surface area contributed by atoms with Crippen molar-refractivity contribution in [2.75, 3.05) is 17.4 Å². The second-order valence-corrected chi connectivity index (χ2v) is 9.61. The Morgan fingerprint density at radius 3 is 2.57 bits per heavy atom. The van der Waals surface area contributed by atoms with Gasteiger partial charge in [0.25, 0.3) is 15.9 Å². The van der Waals surface area contributed by atoms with Gasteiger partial charge in [0.05, 0.1) is 15.5 Å². The molecule has 148 valence electrons.